The lowest BCUT2D eigenvalue weighted by Crippen LogP contribution is -2.35. The molecule has 3 atom stereocenters. The number of ether oxygens (including phenoxy) is 1. The third kappa shape index (κ3) is 4.61. The van der Waals surface area contributed by atoms with Crippen LogP contribution >= 0.6 is 11.6 Å². The molecule has 126 valence electrons. The summed E-state index contributed by atoms with van der Waals surface area (Å²) >= 11 is 6.34. The van der Waals surface area contributed by atoms with Gasteiger partial charge in [0.2, 0.25) is 0 Å². The van der Waals surface area contributed by atoms with E-state index in [1.807, 2.05) is 26.8 Å². The molecule has 0 saturated heterocycles. The Morgan fingerprint density at radius 3 is 2.50 bits per heavy atom. The van der Waals surface area contributed by atoms with Crippen molar-refractivity contribution in [1.82, 2.24) is 0 Å². The van der Waals surface area contributed by atoms with Crippen molar-refractivity contribution in [2.45, 2.75) is 71.9 Å². The first-order chi connectivity index (χ1) is 10.3. The summed E-state index contributed by atoms with van der Waals surface area (Å²) in [6.07, 6.45) is 1.91. The summed E-state index contributed by atoms with van der Waals surface area (Å²) in [6, 6.07) is 1.76. The van der Waals surface area contributed by atoms with Crippen molar-refractivity contribution in [2.24, 2.45) is 5.73 Å². The predicted octanol–water partition coefficient (Wildman–Crippen LogP) is 4.34. The molecule has 3 N–H and O–H groups in total. The highest BCUT2D eigenvalue weighted by molar-refractivity contribution is 6.31. The number of nitrogens with two attached hydrogens (primary N) is 1. The van der Waals surface area contributed by atoms with Gasteiger partial charge in [0, 0.05) is 16.6 Å². The van der Waals surface area contributed by atoms with Crippen LogP contribution in [-0.4, -0.2) is 23.9 Å². The standard InChI is InChI=1S/C18H30ClNO2/c1-6-8-15(20)16(21)10-11(3)17-13(5)14(19)9-12(4)18(17)22-7-2/h9,11,15-16,21H,6-8,10,20H2,1-5H3. The van der Waals surface area contributed by atoms with Crippen LogP contribution in [0, 0.1) is 13.8 Å². The van der Waals surface area contributed by atoms with E-state index in [2.05, 4.69) is 13.8 Å². The van der Waals surface area contributed by atoms with Gasteiger partial charge >= 0.3 is 0 Å². The topological polar surface area (TPSA) is 55.5 Å². The van der Waals surface area contributed by atoms with Gasteiger partial charge in [0.25, 0.3) is 0 Å². The Labute approximate surface area is 139 Å². The third-order valence-electron chi connectivity index (χ3n) is 4.20. The second-order valence-corrected chi connectivity index (χ2v) is 6.54. The molecule has 0 spiro atoms. The van der Waals surface area contributed by atoms with Crippen LogP contribution in [0.2, 0.25) is 5.02 Å². The Kier molecular flexibility index (Phi) is 7.67. The van der Waals surface area contributed by atoms with E-state index in [4.69, 9.17) is 22.1 Å². The van der Waals surface area contributed by atoms with Crippen molar-refractivity contribution in [1.29, 1.82) is 0 Å². The van der Waals surface area contributed by atoms with Crippen molar-refractivity contribution in [3.8, 4) is 5.75 Å². The Hall–Kier alpha value is -0.770. The molecule has 0 radical (unpaired) electrons. The second-order valence-electron chi connectivity index (χ2n) is 6.13. The molecule has 0 bridgehead atoms. The van der Waals surface area contributed by atoms with Crippen molar-refractivity contribution in [2.75, 3.05) is 6.61 Å². The van der Waals surface area contributed by atoms with Crippen LogP contribution in [0.3, 0.4) is 0 Å². The van der Waals surface area contributed by atoms with Gasteiger partial charge in [0.05, 0.1) is 12.7 Å². The predicted molar refractivity (Wildman–Crippen MR) is 94.0 cm³/mol. The van der Waals surface area contributed by atoms with Crippen LogP contribution in [0.15, 0.2) is 6.07 Å². The van der Waals surface area contributed by atoms with Crippen LogP contribution in [-0.2, 0) is 0 Å². The van der Waals surface area contributed by atoms with E-state index in [-0.39, 0.29) is 12.0 Å². The molecule has 0 aliphatic carbocycles. The average Bonchev–Trinajstić information content (AvgIpc) is 2.45. The van der Waals surface area contributed by atoms with Gasteiger partial charge in [-0.25, -0.2) is 0 Å². The minimum absolute atomic E-state index is 0.136. The van der Waals surface area contributed by atoms with Gasteiger partial charge in [-0.1, -0.05) is 31.9 Å². The van der Waals surface area contributed by atoms with Crippen molar-refractivity contribution < 1.29 is 9.84 Å². The number of aliphatic hydroxyl groups is 1. The van der Waals surface area contributed by atoms with Crippen LogP contribution in [0.25, 0.3) is 0 Å². The van der Waals surface area contributed by atoms with Gasteiger partial charge < -0.3 is 15.6 Å². The molecule has 0 aromatic heterocycles. The lowest BCUT2D eigenvalue weighted by atomic mass is 9.87. The maximum absolute atomic E-state index is 10.3. The van der Waals surface area contributed by atoms with Gasteiger partial charge in [0.15, 0.2) is 0 Å². The lowest BCUT2D eigenvalue weighted by molar-refractivity contribution is 0.123. The van der Waals surface area contributed by atoms with Gasteiger partial charge in [-0.2, -0.15) is 0 Å². The molecule has 0 aliphatic heterocycles. The molecule has 4 heteroatoms. The first-order valence-electron chi connectivity index (χ1n) is 8.19. The Bertz CT molecular complexity index is 490. The minimum atomic E-state index is -0.511. The summed E-state index contributed by atoms with van der Waals surface area (Å²) in [7, 11) is 0. The summed E-state index contributed by atoms with van der Waals surface area (Å²) in [5.41, 5.74) is 9.19. The summed E-state index contributed by atoms with van der Waals surface area (Å²) in [4.78, 5) is 0. The average molecular weight is 328 g/mol. The van der Waals surface area contributed by atoms with Gasteiger partial charge in [-0.3, -0.25) is 0 Å². The zero-order valence-electron chi connectivity index (χ0n) is 14.4. The van der Waals surface area contributed by atoms with E-state index in [9.17, 15) is 5.11 Å². The quantitative estimate of drug-likeness (QED) is 0.746. The van der Waals surface area contributed by atoms with E-state index in [0.717, 1.165) is 40.3 Å². The Morgan fingerprint density at radius 1 is 1.32 bits per heavy atom. The van der Waals surface area contributed by atoms with Crippen LogP contribution < -0.4 is 10.5 Å². The van der Waals surface area contributed by atoms with E-state index in [0.29, 0.717) is 13.0 Å². The Morgan fingerprint density at radius 2 is 1.95 bits per heavy atom. The number of halogens is 1. The third-order valence-corrected chi connectivity index (χ3v) is 4.59. The molecule has 1 aromatic rings. The molecule has 3 nitrogen and oxygen atoms in total. The van der Waals surface area contributed by atoms with Crippen molar-refractivity contribution in [3.63, 3.8) is 0 Å². The van der Waals surface area contributed by atoms with Crippen molar-refractivity contribution in [3.05, 3.63) is 27.8 Å². The summed E-state index contributed by atoms with van der Waals surface area (Å²) in [5.74, 6) is 1.03. The first kappa shape index (κ1) is 19.3. The minimum Gasteiger partial charge on any atom is -0.493 e. The normalized spacial score (nSPS) is 15.5. The molecule has 1 rings (SSSR count). The van der Waals surface area contributed by atoms with E-state index < -0.39 is 6.10 Å². The molecular weight excluding hydrogens is 298 g/mol. The van der Waals surface area contributed by atoms with Gasteiger partial charge in [-0.15, -0.1) is 0 Å². The van der Waals surface area contributed by atoms with E-state index in [1.165, 1.54) is 0 Å². The van der Waals surface area contributed by atoms with Crippen molar-refractivity contribution >= 4 is 11.6 Å². The van der Waals surface area contributed by atoms with Gasteiger partial charge in [-0.05, 0) is 56.7 Å². The molecule has 0 saturated carbocycles. The number of hydrogen-bond acceptors (Lipinski definition) is 3. The highest BCUT2D eigenvalue weighted by Gasteiger charge is 2.23. The molecule has 1 aromatic carbocycles. The van der Waals surface area contributed by atoms with Crippen LogP contribution in [0.4, 0.5) is 0 Å². The van der Waals surface area contributed by atoms with Crippen LogP contribution in [0.1, 0.15) is 62.6 Å². The molecule has 22 heavy (non-hydrogen) atoms. The molecule has 0 fully saturated rings. The SMILES string of the molecule is CCCC(N)C(O)CC(C)c1c(C)c(Cl)cc(C)c1OCC. The number of hydrogen-bond donors (Lipinski definition) is 2. The summed E-state index contributed by atoms with van der Waals surface area (Å²) in [6.45, 7) is 10.8. The summed E-state index contributed by atoms with van der Waals surface area (Å²) < 4.78 is 5.84. The molecule has 0 heterocycles. The Balaban J connectivity index is 3.08. The number of aryl methyl sites for hydroxylation is 1. The molecule has 3 unspecified atom stereocenters. The number of rotatable bonds is 8. The van der Waals surface area contributed by atoms with E-state index >= 15 is 0 Å². The first-order valence-corrected chi connectivity index (χ1v) is 8.57. The highest BCUT2D eigenvalue weighted by Crippen LogP contribution is 2.39. The maximum Gasteiger partial charge on any atom is 0.126 e. The molecule has 0 amide bonds. The van der Waals surface area contributed by atoms with E-state index in [1.54, 1.807) is 0 Å². The fraction of sp³-hybridized carbons (Fsp3) is 0.667. The fourth-order valence-electron chi connectivity index (χ4n) is 2.99. The smallest absolute Gasteiger partial charge is 0.126 e. The number of benzene rings is 1. The second kappa shape index (κ2) is 8.76. The summed E-state index contributed by atoms with van der Waals surface area (Å²) in [5, 5.41) is 11.1. The zero-order chi connectivity index (χ0) is 16.9. The largest absolute Gasteiger partial charge is 0.493 e. The lowest BCUT2D eigenvalue weighted by Gasteiger charge is -2.26. The highest BCUT2D eigenvalue weighted by atomic mass is 35.5. The monoisotopic (exact) mass is 327 g/mol. The fourth-order valence-corrected chi connectivity index (χ4v) is 3.25. The zero-order valence-corrected chi connectivity index (χ0v) is 15.2. The number of aliphatic hydroxyl groups excluding tert-OH is 1. The molecule has 0 aliphatic rings. The van der Waals surface area contributed by atoms with Gasteiger partial charge in [0.1, 0.15) is 5.75 Å². The van der Waals surface area contributed by atoms with Crippen LogP contribution in [0.5, 0.6) is 5.75 Å². The molecular formula is C18H30ClNO2. The maximum atomic E-state index is 10.3.